The molecule has 0 spiro atoms. The Balaban J connectivity index is 3.99. The van der Waals surface area contributed by atoms with Gasteiger partial charge in [-0.3, -0.25) is 4.99 Å². The number of aliphatic imine (C=N–C) groups is 1. The smallest absolute Gasteiger partial charge is 0.137 e. The molecule has 0 aliphatic rings. The Bertz CT molecular complexity index is 202. The zero-order valence-electron chi connectivity index (χ0n) is 7.97. The van der Waals surface area contributed by atoms with Crippen LogP contribution in [-0.2, 0) is 0 Å². The molecule has 0 aliphatic carbocycles. The summed E-state index contributed by atoms with van der Waals surface area (Å²) in [6.07, 6.45) is 6.08. The SMILES string of the molecule is CC/C=C(F)/C=N/C=C(\C)CC. The van der Waals surface area contributed by atoms with Gasteiger partial charge in [0.2, 0.25) is 0 Å². The van der Waals surface area contributed by atoms with Gasteiger partial charge in [-0.15, -0.1) is 0 Å². The number of hydrogen-bond donors (Lipinski definition) is 0. The van der Waals surface area contributed by atoms with Gasteiger partial charge in [0.1, 0.15) is 5.83 Å². The van der Waals surface area contributed by atoms with Crippen molar-refractivity contribution in [1.82, 2.24) is 0 Å². The maximum Gasteiger partial charge on any atom is 0.137 e. The minimum Gasteiger partial charge on any atom is -0.262 e. The largest absolute Gasteiger partial charge is 0.262 e. The number of nitrogens with zero attached hydrogens (tertiary/aromatic N) is 1. The maximum atomic E-state index is 12.6. The molecular weight excluding hydrogens is 153 g/mol. The van der Waals surface area contributed by atoms with E-state index < -0.39 is 0 Å². The summed E-state index contributed by atoms with van der Waals surface area (Å²) in [5.41, 5.74) is 1.15. The molecule has 0 bridgehead atoms. The molecule has 0 saturated heterocycles. The second-order valence-electron chi connectivity index (χ2n) is 2.60. The molecule has 0 aliphatic heterocycles. The van der Waals surface area contributed by atoms with Crippen LogP contribution in [0.5, 0.6) is 0 Å². The van der Waals surface area contributed by atoms with Gasteiger partial charge in [0.25, 0.3) is 0 Å². The molecule has 0 aromatic rings. The molecule has 1 nitrogen and oxygen atoms in total. The summed E-state index contributed by atoms with van der Waals surface area (Å²) in [6, 6.07) is 0. The van der Waals surface area contributed by atoms with E-state index in [1.807, 2.05) is 20.8 Å². The predicted octanol–water partition coefficient (Wildman–Crippen LogP) is 3.63. The highest BCUT2D eigenvalue weighted by Crippen LogP contribution is 1.99. The van der Waals surface area contributed by atoms with E-state index in [1.165, 1.54) is 12.3 Å². The van der Waals surface area contributed by atoms with E-state index >= 15 is 0 Å². The van der Waals surface area contributed by atoms with Gasteiger partial charge in [-0.1, -0.05) is 19.4 Å². The Morgan fingerprint density at radius 3 is 2.58 bits per heavy atom. The first kappa shape index (κ1) is 11.1. The lowest BCUT2D eigenvalue weighted by Crippen LogP contribution is -1.75. The minimum atomic E-state index is -0.266. The quantitative estimate of drug-likeness (QED) is 0.570. The monoisotopic (exact) mass is 169 g/mol. The van der Waals surface area contributed by atoms with E-state index in [1.54, 1.807) is 6.20 Å². The summed E-state index contributed by atoms with van der Waals surface area (Å²) in [5, 5.41) is 0. The molecule has 2 heteroatoms. The molecule has 0 unspecified atom stereocenters. The average molecular weight is 169 g/mol. The van der Waals surface area contributed by atoms with Crippen molar-refractivity contribution in [2.75, 3.05) is 0 Å². The van der Waals surface area contributed by atoms with Gasteiger partial charge >= 0.3 is 0 Å². The van der Waals surface area contributed by atoms with E-state index in [-0.39, 0.29) is 5.83 Å². The first-order valence-electron chi connectivity index (χ1n) is 4.25. The first-order chi connectivity index (χ1) is 5.70. The Hall–Kier alpha value is -0.920. The van der Waals surface area contributed by atoms with Crippen molar-refractivity contribution < 1.29 is 4.39 Å². The van der Waals surface area contributed by atoms with E-state index in [0.717, 1.165) is 12.0 Å². The van der Waals surface area contributed by atoms with Crippen LogP contribution in [0.1, 0.15) is 33.6 Å². The Labute approximate surface area is 73.7 Å². The molecule has 0 saturated carbocycles. The lowest BCUT2D eigenvalue weighted by Gasteiger charge is -1.88. The van der Waals surface area contributed by atoms with E-state index in [4.69, 9.17) is 0 Å². The Kier molecular flexibility index (Phi) is 6.25. The van der Waals surface area contributed by atoms with Gasteiger partial charge in [-0.05, 0) is 25.8 Å². The molecule has 0 aromatic heterocycles. The molecule has 0 heterocycles. The fourth-order valence-electron chi connectivity index (χ4n) is 0.575. The van der Waals surface area contributed by atoms with Gasteiger partial charge in [0, 0.05) is 6.20 Å². The summed E-state index contributed by atoms with van der Waals surface area (Å²) >= 11 is 0. The van der Waals surface area contributed by atoms with Crippen LogP contribution >= 0.6 is 0 Å². The molecule has 0 aromatic carbocycles. The Morgan fingerprint density at radius 2 is 2.08 bits per heavy atom. The molecule has 0 N–H and O–H groups in total. The predicted molar refractivity (Wildman–Crippen MR) is 52.0 cm³/mol. The number of rotatable bonds is 4. The highest BCUT2D eigenvalue weighted by molar-refractivity contribution is 5.75. The maximum absolute atomic E-state index is 12.6. The van der Waals surface area contributed by atoms with Gasteiger partial charge in [-0.25, -0.2) is 4.39 Å². The number of halogens is 1. The van der Waals surface area contributed by atoms with Gasteiger partial charge in [-0.2, -0.15) is 0 Å². The van der Waals surface area contributed by atoms with Crippen molar-refractivity contribution >= 4 is 6.21 Å². The highest BCUT2D eigenvalue weighted by Gasteiger charge is 1.84. The van der Waals surface area contributed by atoms with Crippen LogP contribution in [0.3, 0.4) is 0 Å². The molecule has 68 valence electrons. The molecule has 0 radical (unpaired) electrons. The summed E-state index contributed by atoms with van der Waals surface area (Å²) < 4.78 is 12.6. The number of hydrogen-bond acceptors (Lipinski definition) is 1. The van der Waals surface area contributed by atoms with Crippen LogP contribution in [0, 0.1) is 0 Å². The van der Waals surface area contributed by atoms with Crippen LogP contribution in [0.4, 0.5) is 4.39 Å². The summed E-state index contributed by atoms with van der Waals surface area (Å²) in [7, 11) is 0. The van der Waals surface area contributed by atoms with Crippen molar-refractivity contribution in [3.8, 4) is 0 Å². The first-order valence-corrected chi connectivity index (χ1v) is 4.25. The van der Waals surface area contributed by atoms with Crippen LogP contribution in [0.25, 0.3) is 0 Å². The highest BCUT2D eigenvalue weighted by atomic mass is 19.1. The summed E-state index contributed by atoms with van der Waals surface area (Å²) in [5.74, 6) is -0.266. The van der Waals surface area contributed by atoms with Crippen molar-refractivity contribution in [3.05, 3.63) is 23.7 Å². The van der Waals surface area contributed by atoms with Crippen molar-refractivity contribution in [2.24, 2.45) is 4.99 Å². The Morgan fingerprint density at radius 1 is 1.42 bits per heavy atom. The third kappa shape index (κ3) is 5.83. The zero-order valence-corrected chi connectivity index (χ0v) is 7.97. The van der Waals surface area contributed by atoms with Gasteiger partial charge in [0.05, 0.1) is 6.21 Å². The second-order valence-corrected chi connectivity index (χ2v) is 2.60. The molecule has 0 rings (SSSR count). The fourth-order valence-corrected chi connectivity index (χ4v) is 0.575. The zero-order chi connectivity index (χ0) is 9.40. The van der Waals surface area contributed by atoms with Gasteiger partial charge < -0.3 is 0 Å². The van der Waals surface area contributed by atoms with Crippen molar-refractivity contribution in [3.63, 3.8) is 0 Å². The van der Waals surface area contributed by atoms with Gasteiger partial charge in [0.15, 0.2) is 0 Å². The molecule has 0 amide bonds. The third-order valence-electron chi connectivity index (χ3n) is 1.45. The lowest BCUT2D eigenvalue weighted by molar-refractivity contribution is 0.680. The lowest BCUT2D eigenvalue weighted by atomic mass is 10.3. The fraction of sp³-hybridized carbons (Fsp3) is 0.500. The van der Waals surface area contributed by atoms with Crippen LogP contribution < -0.4 is 0 Å². The van der Waals surface area contributed by atoms with E-state index in [9.17, 15) is 4.39 Å². The van der Waals surface area contributed by atoms with Crippen LogP contribution in [0.2, 0.25) is 0 Å². The third-order valence-corrected chi connectivity index (χ3v) is 1.45. The number of allylic oxidation sites excluding steroid dienone is 3. The molecular formula is C10H16FN. The van der Waals surface area contributed by atoms with Crippen LogP contribution in [-0.4, -0.2) is 6.21 Å². The van der Waals surface area contributed by atoms with Crippen molar-refractivity contribution in [2.45, 2.75) is 33.6 Å². The normalized spacial score (nSPS) is 14.3. The van der Waals surface area contributed by atoms with E-state index in [0.29, 0.717) is 6.42 Å². The molecule has 0 atom stereocenters. The second kappa shape index (κ2) is 6.77. The standard InChI is InChI=1S/C10H16FN/c1-4-6-10(11)8-12-7-9(3)5-2/h6-8H,4-5H2,1-3H3/b9-7+,10-6-,12-8+. The average Bonchev–Trinajstić information content (AvgIpc) is 2.04. The molecule has 0 fully saturated rings. The topological polar surface area (TPSA) is 12.4 Å². The minimum absolute atomic E-state index is 0.266. The van der Waals surface area contributed by atoms with Crippen LogP contribution in [0.15, 0.2) is 28.7 Å². The summed E-state index contributed by atoms with van der Waals surface area (Å²) in [4.78, 5) is 3.83. The van der Waals surface area contributed by atoms with Crippen molar-refractivity contribution in [1.29, 1.82) is 0 Å². The summed E-state index contributed by atoms with van der Waals surface area (Å²) in [6.45, 7) is 5.90. The molecule has 12 heavy (non-hydrogen) atoms. The van der Waals surface area contributed by atoms with E-state index in [2.05, 4.69) is 4.99 Å².